The van der Waals surface area contributed by atoms with Crippen LogP contribution in [0.25, 0.3) is 0 Å². The zero-order valence-electron chi connectivity index (χ0n) is 10.9. The summed E-state index contributed by atoms with van der Waals surface area (Å²) in [5, 5.41) is 8.96. The van der Waals surface area contributed by atoms with Crippen molar-refractivity contribution in [1.82, 2.24) is 0 Å². The molecule has 1 aromatic rings. The van der Waals surface area contributed by atoms with Crippen LogP contribution in [0.15, 0.2) is 18.2 Å². The molecular formula is C14H20O3. The molecule has 1 aromatic carbocycles. The molecule has 1 N–H and O–H groups in total. The van der Waals surface area contributed by atoms with Gasteiger partial charge >= 0.3 is 5.97 Å². The van der Waals surface area contributed by atoms with Gasteiger partial charge in [0.1, 0.15) is 5.75 Å². The Kier molecular flexibility index (Phi) is 4.55. The minimum Gasteiger partial charge on any atom is -0.479 e. The fraction of sp³-hybridized carbons (Fsp3) is 0.500. The summed E-state index contributed by atoms with van der Waals surface area (Å²) < 4.78 is 5.50. The van der Waals surface area contributed by atoms with Crippen molar-refractivity contribution in [3.05, 3.63) is 29.3 Å². The average molecular weight is 236 g/mol. The van der Waals surface area contributed by atoms with Gasteiger partial charge in [-0.1, -0.05) is 26.8 Å². The fourth-order valence-corrected chi connectivity index (χ4v) is 1.65. The number of hydrogen-bond acceptors (Lipinski definition) is 2. The molecule has 0 bridgehead atoms. The maximum Gasteiger partial charge on any atom is 0.344 e. The third kappa shape index (κ3) is 3.77. The van der Waals surface area contributed by atoms with Gasteiger partial charge in [0, 0.05) is 0 Å². The maximum atomic E-state index is 10.9. The summed E-state index contributed by atoms with van der Waals surface area (Å²) in [5.74, 6) is 0.130. The Balaban J connectivity index is 2.94. The number of carboxylic acid groups (broad SMARTS) is 1. The van der Waals surface area contributed by atoms with Crippen LogP contribution in [0.4, 0.5) is 0 Å². The molecule has 0 aliphatic heterocycles. The number of rotatable bonds is 5. The molecule has 0 aliphatic carbocycles. The molecule has 0 spiro atoms. The molecule has 0 heterocycles. The Hall–Kier alpha value is -1.51. The van der Waals surface area contributed by atoms with Crippen LogP contribution in [0.1, 0.15) is 44.2 Å². The van der Waals surface area contributed by atoms with E-state index < -0.39 is 12.1 Å². The van der Waals surface area contributed by atoms with Crippen molar-refractivity contribution in [3.63, 3.8) is 0 Å². The van der Waals surface area contributed by atoms with Crippen LogP contribution in [-0.4, -0.2) is 17.2 Å². The molecule has 17 heavy (non-hydrogen) atoms. The van der Waals surface area contributed by atoms with E-state index in [1.165, 1.54) is 5.56 Å². The second-order valence-corrected chi connectivity index (χ2v) is 4.59. The highest BCUT2D eigenvalue weighted by molar-refractivity contribution is 5.72. The molecule has 0 fully saturated rings. The Morgan fingerprint density at radius 1 is 1.35 bits per heavy atom. The Morgan fingerprint density at radius 2 is 2.00 bits per heavy atom. The largest absolute Gasteiger partial charge is 0.479 e. The molecule has 0 saturated carbocycles. The van der Waals surface area contributed by atoms with E-state index in [1.54, 1.807) is 6.92 Å². The van der Waals surface area contributed by atoms with E-state index in [0.717, 1.165) is 5.56 Å². The molecule has 1 rings (SSSR count). The van der Waals surface area contributed by atoms with Crippen molar-refractivity contribution in [3.8, 4) is 5.75 Å². The highest BCUT2D eigenvalue weighted by Crippen LogP contribution is 2.24. The summed E-state index contributed by atoms with van der Waals surface area (Å²) >= 11 is 0. The number of ether oxygens (including phenoxy) is 1. The lowest BCUT2D eigenvalue weighted by atomic mass is 10.0. The molecular weight excluding hydrogens is 216 g/mol. The molecule has 1 atom stereocenters. The van der Waals surface area contributed by atoms with Gasteiger partial charge in [-0.3, -0.25) is 0 Å². The SMILES string of the molecule is CCC(Oc1cc(C)cc(C(C)C)c1)C(=O)O. The lowest BCUT2D eigenvalue weighted by Crippen LogP contribution is -2.26. The van der Waals surface area contributed by atoms with E-state index in [4.69, 9.17) is 9.84 Å². The summed E-state index contributed by atoms with van der Waals surface area (Å²) in [7, 11) is 0. The Morgan fingerprint density at radius 3 is 2.47 bits per heavy atom. The second-order valence-electron chi connectivity index (χ2n) is 4.59. The van der Waals surface area contributed by atoms with E-state index in [1.807, 2.05) is 19.1 Å². The maximum absolute atomic E-state index is 10.9. The molecule has 0 aromatic heterocycles. The van der Waals surface area contributed by atoms with Gasteiger partial charge < -0.3 is 9.84 Å². The minimum absolute atomic E-state index is 0.405. The van der Waals surface area contributed by atoms with Crippen molar-refractivity contribution in [2.75, 3.05) is 0 Å². The first kappa shape index (κ1) is 13.6. The van der Waals surface area contributed by atoms with Crippen molar-refractivity contribution >= 4 is 5.97 Å². The van der Waals surface area contributed by atoms with Gasteiger partial charge in [0.05, 0.1) is 0 Å². The first-order valence-electron chi connectivity index (χ1n) is 5.95. The summed E-state index contributed by atoms with van der Waals surface area (Å²) in [5.41, 5.74) is 2.26. The lowest BCUT2D eigenvalue weighted by Gasteiger charge is -2.15. The van der Waals surface area contributed by atoms with Gasteiger partial charge in [-0.15, -0.1) is 0 Å². The predicted molar refractivity (Wildman–Crippen MR) is 67.6 cm³/mol. The molecule has 0 aliphatic rings. The van der Waals surface area contributed by atoms with Crippen LogP contribution < -0.4 is 4.74 Å². The van der Waals surface area contributed by atoms with E-state index in [2.05, 4.69) is 19.9 Å². The number of carboxylic acids is 1. The van der Waals surface area contributed by atoms with Gasteiger partial charge in [-0.25, -0.2) is 4.79 Å². The number of hydrogen-bond donors (Lipinski definition) is 1. The number of aliphatic carboxylic acids is 1. The zero-order chi connectivity index (χ0) is 13.0. The van der Waals surface area contributed by atoms with Gasteiger partial charge in [0.2, 0.25) is 0 Å². The highest BCUT2D eigenvalue weighted by Gasteiger charge is 2.17. The van der Waals surface area contributed by atoms with Crippen molar-refractivity contribution in [2.45, 2.75) is 46.1 Å². The standard InChI is InChI=1S/C14H20O3/c1-5-13(14(15)16)17-12-7-10(4)6-11(8-12)9(2)3/h6-9,13H,5H2,1-4H3,(H,15,16). The van der Waals surface area contributed by atoms with E-state index in [9.17, 15) is 4.79 Å². The van der Waals surface area contributed by atoms with Crippen LogP contribution in [0, 0.1) is 6.92 Å². The van der Waals surface area contributed by atoms with E-state index >= 15 is 0 Å². The molecule has 0 amide bonds. The molecule has 3 heteroatoms. The van der Waals surface area contributed by atoms with Crippen LogP contribution in [0.3, 0.4) is 0 Å². The Bertz CT molecular complexity index is 396. The third-order valence-electron chi connectivity index (χ3n) is 2.66. The first-order chi connectivity index (χ1) is 7.93. The van der Waals surface area contributed by atoms with Crippen LogP contribution in [-0.2, 0) is 4.79 Å². The van der Waals surface area contributed by atoms with Gasteiger partial charge in [-0.05, 0) is 42.5 Å². The summed E-state index contributed by atoms with van der Waals surface area (Å²) in [6, 6.07) is 5.89. The number of carbonyl (C=O) groups is 1. The molecule has 94 valence electrons. The lowest BCUT2D eigenvalue weighted by molar-refractivity contribution is -0.145. The third-order valence-corrected chi connectivity index (χ3v) is 2.66. The quantitative estimate of drug-likeness (QED) is 0.852. The minimum atomic E-state index is -0.917. The molecule has 0 radical (unpaired) electrons. The van der Waals surface area contributed by atoms with Crippen LogP contribution in [0.5, 0.6) is 5.75 Å². The fourth-order valence-electron chi connectivity index (χ4n) is 1.65. The summed E-state index contributed by atoms with van der Waals surface area (Å²) in [6.07, 6.45) is -0.308. The summed E-state index contributed by atoms with van der Waals surface area (Å²) in [6.45, 7) is 8.00. The number of benzene rings is 1. The normalized spacial score (nSPS) is 12.5. The smallest absolute Gasteiger partial charge is 0.344 e. The van der Waals surface area contributed by atoms with Crippen LogP contribution in [0.2, 0.25) is 0 Å². The van der Waals surface area contributed by atoms with Crippen molar-refractivity contribution in [1.29, 1.82) is 0 Å². The predicted octanol–water partition coefficient (Wildman–Crippen LogP) is 3.36. The van der Waals surface area contributed by atoms with Crippen molar-refractivity contribution in [2.24, 2.45) is 0 Å². The van der Waals surface area contributed by atoms with Crippen LogP contribution >= 0.6 is 0 Å². The monoisotopic (exact) mass is 236 g/mol. The van der Waals surface area contributed by atoms with Gasteiger partial charge in [0.15, 0.2) is 6.10 Å². The highest BCUT2D eigenvalue weighted by atomic mass is 16.5. The first-order valence-corrected chi connectivity index (χ1v) is 5.95. The second kappa shape index (κ2) is 5.71. The zero-order valence-corrected chi connectivity index (χ0v) is 10.9. The van der Waals surface area contributed by atoms with E-state index in [-0.39, 0.29) is 0 Å². The average Bonchev–Trinajstić information content (AvgIpc) is 2.24. The van der Waals surface area contributed by atoms with Crippen molar-refractivity contribution < 1.29 is 14.6 Å². The topological polar surface area (TPSA) is 46.5 Å². The molecule has 1 unspecified atom stereocenters. The van der Waals surface area contributed by atoms with Gasteiger partial charge in [-0.2, -0.15) is 0 Å². The van der Waals surface area contributed by atoms with Gasteiger partial charge in [0.25, 0.3) is 0 Å². The molecule has 0 saturated heterocycles. The number of aryl methyl sites for hydroxylation is 1. The summed E-state index contributed by atoms with van der Waals surface area (Å²) in [4.78, 5) is 10.9. The van der Waals surface area contributed by atoms with E-state index in [0.29, 0.717) is 18.1 Å². The Labute approximate surface area is 102 Å². The molecule has 3 nitrogen and oxygen atoms in total.